The minimum Gasteiger partial charge on any atom is -0.383 e. The van der Waals surface area contributed by atoms with E-state index in [4.69, 9.17) is 4.74 Å². The second-order valence-corrected chi connectivity index (χ2v) is 6.20. The maximum absolute atomic E-state index is 12.3. The molecule has 0 heterocycles. The molecule has 1 rings (SSSR count). The summed E-state index contributed by atoms with van der Waals surface area (Å²) in [6.07, 6.45) is 0. The fourth-order valence-corrected chi connectivity index (χ4v) is 1.87. The molecule has 0 aromatic heterocycles. The Kier molecular flexibility index (Phi) is 6.37. The Balaban J connectivity index is 2.79. The van der Waals surface area contributed by atoms with Crippen LogP contribution in [0.1, 0.15) is 38.1 Å². The Labute approximate surface area is 131 Å². The maximum Gasteiger partial charge on any atom is 0.319 e. The number of benzene rings is 1. The minimum absolute atomic E-state index is 0.124. The summed E-state index contributed by atoms with van der Waals surface area (Å²) >= 11 is 0. The number of rotatable bonds is 5. The first-order chi connectivity index (χ1) is 10.2. The molecule has 1 atom stereocenters. The van der Waals surface area contributed by atoms with E-state index in [1.165, 1.54) is 0 Å². The van der Waals surface area contributed by atoms with Crippen molar-refractivity contribution in [1.29, 1.82) is 0 Å². The first kappa shape index (κ1) is 18.0. The van der Waals surface area contributed by atoms with Gasteiger partial charge in [-0.3, -0.25) is 4.79 Å². The summed E-state index contributed by atoms with van der Waals surface area (Å²) in [7, 11) is 1.57. The smallest absolute Gasteiger partial charge is 0.319 e. The normalized spacial score (nSPS) is 12.4. The van der Waals surface area contributed by atoms with Gasteiger partial charge in [0.25, 0.3) is 5.91 Å². The maximum atomic E-state index is 12.3. The number of carbonyl (C=O) groups excluding carboxylic acids is 2. The SMILES string of the molecule is COCC(C)NC(=O)Nc1ccccc1C(=O)NC(C)(C)C. The summed E-state index contributed by atoms with van der Waals surface area (Å²) in [6, 6.07) is 6.39. The van der Waals surface area contributed by atoms with Crippen molar-refractivity contribution in [3.8, 4) is 0 Å². The molecule has 0 saturated heterocycles. The lowest BCUT2D eigenvalue weighted by Gasteiger charge is -2.22. The Morgan fingerprint density at radius 1 is 1.23 bits per heavy atom. The van der Waals surface area contributed by atoms with Crippen molar-refractivity contribution in [2.45, 2.75) is 39.3 Å². The van der Waals surface area contributed by atoms with E-state index in [0.29, 0.717) is 17.9 Å². The number of para-hydroxylation sites is 1. The van der Waals surface area contributed by atoms with Gasteiger partial charge in [-0.15, -0.1) is 0 Å². The molecule has 0 spiro atoms. The number of urea groups is 1. The molecule has 1 aromatic carbocycles. The molecule has 0 aliphatic carbocycles. The largest absolute Gasteiger partial charge is 0.383 e. The summed E-state index contributed by atoms with van der Waals surface area (Å²) in [5.74, 6) is -0.228. The number of nitrogens with one attached hydrogen (secondary N) is 3. The van der Waals surface area contributed by atoms with Gasteiger partial charge in [0, 0.05) is 12.6 Å². The van der Waals surface area contributed by atoms with E-state index in [-0.39, 0.29) is 23.5 Å². The highest BCUT2D eigenvalue weighted by molar-refractivity contribution is 6.03. The van der Waals surface area contributed by atoms with E-state index >= 15 is 0 Å². The van der Waals surface area contributed by atoms with Crippen LogP contribution in [0.25, 0.3) is 0 Å². The molecule has 6 heteroatoms. The molecule has 0 bridgehead atoms. The predicted octanol–water partition coefficient (Wildman–Crippen LogP) is 2.37. The Morgan fingerprint density at radius 3 is 2.45 bits per heavy atom. The lowest BCUT2D eigenvalue weighted by Crippen LogP contribution is -2.41. The van der Waals surface area contributed by atoms with Crippen molar-refractivity contribution < 1.29 is 14.3 Å². The van der Waals surface area contributed by atoms with E-state index in [2.05, 4.69) is 16.0 Å². The van der Waals surface area contributed by atoms with E-state index < -0.39 is 0 Å². The summed E-state index contributed by atoms with van der Waals surface area (Å²) < 4.78 is 4.96. The predicted molar refractivity (Wildman–Crippen MR) is 87.2 cm³/mol. The van der Waals surface area contributed by atoms with Crippen LogP contribution in [0.15, 0.2) is 24.3 Å². The second kappa shape index (κ2) is 7.79. The standard InChI is InChI=1S/C16H25N3O3/c1-11(10-22-5)17-15(21)18-13-9-7-6-8-12(13)14(20)19-16(2,3)4/h6-9,11H,10H2,1-5H3,(H,19,20)(H2,17,18,21). The molecular formula is C16H25N3O3. The number of hydrogen-bond donors (Lipinski definition) is 3. The van der Waals surface area contributed by atoms with Crippen LogP contribution in [-0.2, 0) is 4.74 Å². The minimum atomic E-state index is -0.374. The van der Waals surface area contributed by atoms with Crippen LogP contribution in [0, 0.1) is 0 Å². The number of ether oxygens (including phenoxy) is 1. The molecule has 1 aromatic rings. The van der Waals surface area contributed by atoms with Gasteiger partial charge in [0.2, 0.25) is 0 Å². The molecule has 1 unspecified atom stereocenters. The fraction of sp³-hybridized carbons (Fsp3) is 0.500. The average Bonchev–Trinajstić information content (AvgIpc) is 2.37. The average molecular weight is 307 g/mol. The van der Waals surface area contributed by atoms with Crippen LogP contribution in [-0.4, -0.2) is 37.2 Å². The molecule has 3 amide bonds. The van der Waals surface area contributed by atoms with E-state index in [1.807, 2.05) is 27.7 Å². The van der Waals surface area contributed by atoms with Gasteiger partial charge in [0.05, 0.1) is 23.9 Å². The summed E-state index contributed by atoms with van der Waals surface area (Å²) in [5, 5.41) is 8.32. The van der Waals surface area contributed by atoms with Gasteiger partial charge in [-0.1, -0.05) is 12.1 Å². The van der Waals surface area contributed by atoms with E-state index in [9.17, 15) is 9.59 Å². The number of hydrogen-bond acceptors (Lipinski definition) is 3. The zero-order valence-corrected chi connectivity index (χ0v) is 13.8. The number of methoxy groups -OCH3 is 1. The highest BCUT2D eigenvalue weighted by Crippen LogP contribution is 2.16. The van der Waals surface area contributed by atoms with Crippen molar-refractivity contribution in [3.63, 3.8) is 0 Å². The van der Waals surface area contributed by atoms with E-state index in [0.717, 1.165) is 0 Å². The van der Waals surface area contributed by atoms with Crippen molar-refractivity contribution in [1.82, 2.24) is 10.6 Å². The first-order valence-corrected chi connectivity index (χ1v) is 7.21. The number of amides is 3. The first-order valence-electron chi connectivity index (χ1n) is 7.21. The molecule has 3 N–H and O–H groups in total. The van der Waals surface area contributed by atoms with Gasteiger partial charge in [-0.2, -0.15) is 0 Å². The van der Waals surface area contributed by atoms with E-state index in [1.54, 1.807) is 31.4 Å². The lowest BCUT2D eigenvalue weighted by molar-refractivity contribution is 0.0920. The highest BCUT2D eigenvalue weighted by Gasteiger charge is 2.18. The summed E-state index contributed by atoms with van der Waals surface area (Å²) in [4.78, 5) is 24.2. The Morgan fingerprint density at radius 2 is 1.86 bits per heavy atom. The molecule has 0 radical (unpaired) electrons. The van der Waals surface area contributed by atoms with Crippen LogP contribution in [0.4, 0.5) is 10.5 Å². The zero-order valence-electron chi connectivity index (χ0n) is 13.8. The molecule has 22 heavy (non-hydrogen) atoms. The van der Waals surface area contributed by atoms with Crippen molar-refractivity contribution in [2.24, 2.45) is 0 Å². The summed E-state index contributed by atoms with van der Waals surface area (Å²) in [6.45, 7) is 7.96. The third-order valence-corrected chi connectivity index (χ3v) is 2.70. The quantitative estimate of drug-likeness (QED) is 0.781. The Hall–Kier alpha value is -2.08. The number of anilines is 1. The van der Waals surface area contributed by atoms with Crippen LogP contribution in [0.5, 0.6) is 0 Å². The lowest BCUT2D eigenvalue weighted by atomic mass is 10.1. The van der Waals surface area contributed by atoms with Gasteiger partial charge < -0.3 is 20.7 Å². The van der Waals surface area contributed by atoms with Gasteiger partial charge >= 0.3 is 6.03 Å². The van der Waals surface area contributed by atoms with Crippen molar-refractivity contribution in [2.75, 3.05) is 19.0 Å². The van der Waals surface area contributed by atoms with Crippen LogP contribution >= 0.6 is 0 Å². The van der Waals surface area contributed by atoms with Crippen LogP contribution < -0.4 is 16.0 Å². The van der Waals surface area contributed by atoms with Gasteiger partial charge in [0.1, 0.15) is 0 Å². The van der Waals surface area contributed by atoms with Crippen LogP contribution in [0.3, 0.4) is 0 Å². The summed E-state index contributed by atoms with van der Waals surface area (Å²) in [5.41, 5.74) is 0.540. The monoisotopic (exact) mass is 307 g/mol. The molecule has 122 valence electrons. The molecule has 0 fully saturated rings. The van der Waals surface area contributed by atoms with Crippen molar-refractivity contribution in [3.05, 3.63) is 29.8 Å². The van der Waals surface area contributed by atoms with Crippen molar-refractivity contribution >= 4 is 17.6 Å². The van der Waals surface area contributed by atoms with Gasteiger partial charge in [-0.25, -0.2) is 4.79 Å². The molecule has 0 saturated carbocycles. The second-order valence-electron chi connectivity index (χ2n) is 6.20. The molecular weight excluding hydrogens is 282 g/mol. The highest BCUT2D eigenvalue weighted by atomic mass is 16.5. The topological polar surface area (TPSA) is 79.5 Å². The van der Waals surface area contributed by atoms with Crippen LogP contribution in [0.2, 0.25) is 0 Å². The fourth-order valence-electron chi connectivity index (χ4n) is 1.87. The zero-order chi connectivity index (χ0) is 16.8. The molecule has 6 nitrogen and oxygen atoms in total. The molecule has 0 aliphatic rings. The molecule has 0 aliphatic heterocycles. The van der Waals surface area contributed by atoms with Gasteiger partial charge in [-0.05, 0) is 39.8 Å². The third-order valence-electron chi connectivity index (χ3n) is 2.70. The van der Waals surface area contributed by atoms with Gasteiger partial charge in [0.15, 0.2) is 0 Å². The Bertz CT molecular complexity index is 524. The number of carbonyl (C=O) groups is 2. The third kappa shape index (κ3) is 6.13.